The number of hydrogen-bond acceptors (Lipinski definition) is 2. The van der Waals surface area contributed by atoms with Crippen molar-refractivity contribution in [2.45, 2.75) is 0 Å². The van der Waals surface area contributed by atoms with Crippen molar-refractivity contribution in [1.82, 2.24) is 9.97 Å². The third-order valence-corrected chi connectivity index (χ3v) is 7.91. The highest BCUT2D eigenvalue weighted by Crippen LogP contribution is 2.44. The molecule has 10 aromatic rings. The standard InChI is InChI=1S/C48H32N4/c1-5-17-33(18-6-1)46-40-32-31-37-38(25-16-30-43(37)51(34-19-7-2-8-20-34)35-21-9-3-10-22-35)45(40)39-26-15-27-41(47(39)50-46)48-49-42-28-13-14-29-44(42)52(48)36-23-11-4-12-24-36/h1-32H/p+1/i1D,2D,3D,4D,5D,6D,7D,8D,9D,10D,11D,12D,13D,14D,15D,16D,17D,18D,19D,20D,21D,22D,23D,24D,25D,26D,27D,28D,29D,30D,31D,32D. The largest absolute Gasteiger partial charge is 0.310 e. The highest BCUT2D eigenvalue weighted by Gasteiger charge is 2.26. The summed E-state index contributed by atoms with van der Waals surface area (Å²) in [5, 5.41) is -4.29. The Hall–Kier alpha value is -7.04. The number of aromatic amines is 1. The van der Waals surface area contributed by atoms with Crippen LogP contribution in [0.25, 0.3) is 71.8 Å². The van der Waals surface area contributed by atoms with Crippen molar-refractivity contribution in [3.05, 3.63) is 193 Å². The molecule has 0 atom stereocenters. The molecule has 0 aliphatic carbocycles. The number of imidazole rings is 1. The zero-order valence-corrected chi connectivity index (χ0v) is 25.8. The van der Waals surface area contributed by atoms with Gasteiger partial charge in [0.05, 0.1) is 66.3 Å². The Kier molecular flexibility index (Phi) is 2.80. The molecule has 10 rings (SSSR count). The van der Waals surface area contributed by atoms with Gasteiger partial charge in [0.25, 0.3) is 5.82 Å². The number of fused-ring (bicyclic) bond motifs is 6. The molecule has 4 heteroatoms. The topological polar surface area (TPSA) is 35.8 Å². The Morgan fingerprint density at radius 3 is 1.83 bits per heavy atom. The monoisotopic (exact) mass is 697 g/mol. The molecule has 0 aliphatic rings. The maximum Gasteiger partial charge on any atom is 0.295 e. The molecule has 0 unspecified atom stereocenters. The van der Waals surface area contributed by atoms with Crippen LogP contribution in [0.4, 0.5) is 17.1 Å². The zero-order chi connectivity index (χ0) is 62.3. The fourth-order valence-corrected chi connectivity index (χ4v) is 5.84. The minimum atomic E-state index is -1.22. The van der Waals surface area contributed by atoms with Crippen molar-refractivity contribution in [3.8, 4) is 28.3 Å². The van der Waals surface area contributed by atoms with Gasteiger partial charge in [0.2, 0.25) is 0 Å². The van der Waals surface area contributed by atoms with Crippen LogP contribution < -0.4 is 9.47 Å². The number of pyridine rings is 1. The molecule has 244 valence electrons. The number of nitrogens with zero attached hydrogens (tertiary/aromatic N) is 3. The van der Waals surface area contributed by atoms with E-state index < -0.39 is 282 Å². The second kappa shape index (κ2) is 12.4. The van der Waals surface area contributed by atoms with Crippen LogP contribution in [0.5, 0.6) is 0 Å². The third kappa shape index (κ3) is 4.84. The highest BCUT2D eigenvalue weighted by molar-refractivity contribution is 6.25. The van der Waals surface area contributed by atoms with Crippen molar-refractivity contribution >= 4 is 60.5 Å². The molecule has 4 nitrogen and oxygen atoms in total. The normalized spacial score (nSPS) is 20.1. The minimum absolute atomic E-state index is 0.391. The predicted octanol–water partition coefficient (Wildman–Crippen LogP) is 12.1. The molecule has 0 amide bonds. The van der Waals surface area contributed by atoms with E-state index >= 15 is 0 Å². The van der Waals surface area contributed by atoms with Gasteiger partial charge in [-0.15, -0.1) is 0 Å². The molecular weight excluding hydrogens is 633 g/mol. The van der Waals surface area contributed by atoms with E-state index in [2.05, 4.69) is 4.98 Å². The maximum absolute atomic E-state index is 9.91. The van der Waals surface area contributed by atoms with Gasteiger partial charge >= 0.3 is 0 Å². The smallest absolute Gasteiger partial charge is 0.295 e. The molecule has 0 spiro atoms. The van der Waals surface area contributed by atoms with Gasteiger partial charge in [0.1, 0.15) is 5.69 Å². The zero-order valence-electron chi connectivity index (χ0n) is 57.8. The van der Waals surface area contributed by atoms with E-state index in [0.29, 0.717) is 9.47 Å². The molecular formula is C48H33N4+. The molecule has 0 fully saturated rings. The Morgan fingerprint density at radius 2 is 1.10 bits per heavy atom. The number of aromatic nitrogens is 3. The number of hydrogen-bond donors (Lipinski definition) is 1. The van der Waals surface area contributed by atoms with Gasteiger partial charge < -0.3 is 4.90 Å². The van der Waals surface area contributed by atoms with Crippen LogP contribution in [0, 0.1) is 0 Å². The van der Waals surface area contributed by atoms with Crippen molar-refractivity contribution < 1.29 is 48.4 Å². The lowest BCUT2D eigenvalue weighted by atomic mass is 9.93. The average Bonchev–Trinajstić information content (AvgIpc) is 1.30. The van der Waals surface area contributed by atoms with Crippen molar-refractivity contribution in [2.24, 2.45) is 0 Å². The number of benzene rings is 8. The summed E-state index contributed by atoms with van der Waals surface area (Å²) in [6, 6.07) is -33.8. The first-order valence-corrected chi connectivity index (χ1v) is 15.0. The van der Waals surface area contributed by atoms with Crippen molar-refractivity contribution in [2.75, 3.05) is 4.90 Å². The minimum Gasteiger partial charge on any atom is -0.310 e. The summed E-state index contributed by atoms with van der Waals surface area (Å²) in [6.07, 6.45) is 0. The number of anilines is 3. The quantitative estimate of drug-likeness (QED) is 0.139. The predicted molar refractivity (Wildman–Crippen MR) is 216 cm³/mol. The van der Waals surface area contributed by atoms with Crippen LogP contribution in [0.3, 0.4) is 0 Å². The number of para-hydroxylation sites is 6. The van der Waals surface area contributed by atoms with Gasteiger partial charge in [0, 0.05) is 38.5 Å². The summed E-state index contributed by atoms with van der Waals surface area (Å²) in [6.45, 7) is 0. The van der Waals surface area contributed by atoms with Crippen LogP contribution in [-0.2, 0) is 0 Å². The lowest BCUT2D eigenvalue weighted by Gasteiger charge is -2.27. The Balaban J connectivity index is 1.59. The Bertz CT molecular complexity index is 4580. The van der Waals surface area contributed by atoms with Gasteiger partial charge in [-0.1, -0.05) is 133 Å². The molecule has 1 N–H and O–H groups in total. The first-order valence-electron chi connectivity index (χ1n) is 31.0. The molecule has 2 heterocycles. The molecule has 0 bridgehead atoms. The van der Waals surface area contributed by atoms with Gasteiger partial charge in [0.15, 0.2) is 11.0 Å². The lowest BCUT2D eigenvalue weighted by Crippen LogP contribution is -2.31. The molecule has 0 saturated carbocycles. The summed E-state index contributed by atoms with van der Waals surface area (Å²) in [5.74, 6) is -0.764. The average molecular weight is 698 g/mol. The van der Waals surface area contributed by atoms with Gasteiger partial charge in [-0.2, -0.15) is 4.57 Å². The van der Waals surface area contributed by atoms with Crippen LogP contribution in [0.2, 0.25) is 0 Å². The van der Waals surface area contributed by atoms with Crippen molar-refractivity contribution in [3.63, 3.8) is 0 Å². The molecule has 0 saturated heterocycles. The molecule has 52 heavy (non-hydrogen) atoms. The van der Waals surface area contributed by atoms with E-state index in [1.165, 1.54) is 0 Å². The van der Waals surface area contributed by atoms with Crippen LogP contribution in [0.1, 0.15) is 43.9 Å². The molecule has 8 aromatic carbocycles. The SMILES string of the molecule is [2H]c1c([2H])c([2H])c(-c2nc3c(-c4[nH]c5c([2H])c([2H])c([2H])c([2H])c5[n+]4-c4c([2H])c([2H])c([2H])c([2H])c4[2H])c([2H])c([2H])c([2H])c3c3c2c([2H])c([2H])c2c(N(c4c([2H])c([2H])c([2H])c([2H])c4[2H])c4c([2H])c([2H])c([2H])c([2H])c4[2H])c([2H])c([2H])c([2H])c23)c([2H])c1[2H]. The maximum atomic E-state index is 9.91. The van der Waals surface area contributed by atoms with Gasteiger partial charge in [-0.3, -0.25) is 0 Å². The summed E-state index contributed by atoms with van der Waals surface area (Å²) < 4.78 is 289. The highest BCUT2D eigenvalue weighted by atomic mass is 15.1. The van der Waals surface area contributed by atoms with E-state index in [1.807, 2.05) is 0 Å². The first-order chi connectivity index (χ1) is 39.1. The summed E-state index contributed by atoms with van der Waals surface area (Å²) in [5.41, 5.74) is -8.75. The third-order valence-electron chi connectivity index (χ3n) is 7.91. The molecule has 0 radical (unpaired) electrons. The first kappa shape index (κ1) is 11.8. The van der Waals surface area contributed by atoms with E-state index in [-0.39, 0.29) is 0 Å². The van der Waals surface area contributed by atoms with Crippen LogP contribution in [-0.4, -0.2) is 9.97 Å². The van der Waals surface area contributed by atoms with E-state index in [4.69, 9.17) is 35.1 Å². The molecule has 2 aromatic heterocycles. The van der Waals surface area contributed by atoms with Crippen molar-refractivity contribution in [1.29, 1.82) is 0 Å². The summed E-state index contributed by atoms with van der Waals surface area (Å²) in [7, 11) is 0. The summed E-state index contributed by atoms with van der Waals surface area (Å²) >= 11 is 0. The van der Waals surface area contributed by atoms with Crippen LogP contribution >= 0.6 is 0 Å². The molecule has 0 aliphatic heterocycles. The second-order valence-electron chi connectivity index (χ2n) is 10.7. The number of nitrogens with one attached hydrogen (secondary N) is 1. The Labute approximate surface area is 346 Å². The fourth-order valence-electron chi connectivity index (χ4n) is 5.84. The van der Waals surface area contributed by atoms with E-state index in [0.717, 1.165) is 0 Å². The van der Waals surface area contributed by atoms with E-state index in [9.17, 15) is 13.7 Å². The fraction of sp³-hybridized carbons (Fsp3) is 0. The van der Waals surface area contributed by atoms with Crippen LogP contribution in [0.15, 0.2) is 193 Å². The van der Waals surface area contributed by atoms with Gasteiger partial charge in [-0.25, -0.2) is 9.97 Å². The van der Waals surface area contributed by atoms with Gasteiger partial charge in [-0.05, 0) is 65.8 Å². The van der Waals surface area contributed by atoms with E-state index in [1.54, 1.807) is 0 Å². The number of rotatable bonds is 6. The Morgan fingerprint density at radius 1 is 0.500 bits per heavy atom. The summed E-state index contributed by atoms with van der Waals surface area (Å²) in [4.78, 5) is 7.80. The number of H-pyrrole nitrogens is 1. The lowest BCUT2D eigenvalue weighted by molar-refractivity contribution is -0.554. The second-order valence-corrected chi connectivity index (χ2v) is 10.7.